The average molecular weight is 374 g/mol. The van der Waals surface area contributed by atoms with Gasteiger partial charge in [0.05, 0.1) is 19.5 Å². The highest BCUT2D eigenvalue weighted by atomic mass is 32.2. The number of aryl methyl sites for hydroxylation is 1. The molecule has 138 valence electrons. The summed E-state index contributed by atoms with van der Waals surface area (Å²) in [5.41, 5.74) is 6.34. The molecule has 2 aromatic carbocycles. The van der Waals surface area contributed by atoms with Crippen LogP contribution in [0.15, 0.2) is 47.4 Å². The minimum absolute atomic E-state index is 0.293. The number of methoxy groups -OCH3 is 2. The summed E-state index contributed by atoms with van der Waals surface area (Å²) >= 11 is 1.42. The Balaban J connectivity index is 1.93. The summed E-state index contributed by atoms with van der Waals surface area (Å²) in [5, 5.41) is -0.363. The van der Waals surface area contributed by atoms with Gasteiger partial charge >= 0.3 is 0 Å². The van der Waals surface area contributed by atoms with E-state index in [0.29, 0.717) is 17.1 Å². The number of hydrazine groups is 1. The monoisotopic (exact) mass is 374 g/mol. The molecule has 0 heterocycles. The van der Waals surface area contributed by atoms with Crippen LogP contribution < -0.4 is 20.3 Å². The fourth-order valence-corrected chi connectivity index (χ4v) is 2.97. The van der Waals surface area contributed by atoms with Gasteiger partial charge < -0.3 is 9.47 Å². The molecule has 0 aliphatic rings. The number of nitrogens with one attached hydrogen (secondary N) is 2. The molecule has 0 saturated carbocycles. The molecule has 6 nitrogen and oxygen atoms in total. The quantitative estimate of drug-likeness (QED) is 0.601. The van der Waals surface area contributed by atoms with Crippen LogP contribution in [0.4, 0.5) is 0 Å². The molecule has 0 unspecified atom stereocenters. The van der Waals surface area contributed by atoms with Crippen molar-refractivity contribution in [3.05, 3.63) is 53.6 Å². The van der Waals surface area contributed by atoms with E-state index in [1.54, 1.807) is 25.1 Å². The molecule has 1 atom stereocenters. The Hall–Kier alpha value is -2.67. The zero-order chi connectivity index (χ0) is 19.1. The molecule has 0 fully saturated rings. The topological polar surface area (TPSA) is 76.7 Å². The molecule has 2 amide bonds. The molecule has 2 N–H and O–H groups in total. The van der Waals surface area contributed by atoms with Crippen molar-refractivity contribution < 1.29 is 19.1 Å². The zero-order valence-corrected chi connectivity index (χ0v) is 16.0. The Morgan fingerprint density at radius 1 is 0.962 bits per heavy atom. The van der Waals surface area contributed by atoms with E-state index in [9.17, 15) is 9.59 Å². The highest BCUT2D eigenvalue weighted by Gasteiger charge is 2.16. The third-order valence-electron chi connectivity index (χ3n) is 3.62. The second-order valence-electron chi connectivity index (χ2n) is 5.62. The largest absolute Gasteiger partial charge is 0.497 e. The summed E-state index contributed by atoms with van der Waals surface area (Å²) in [6.07, 6.45) is 0. The maximum atomic E-state index is 12.3. The fourth-order valence-electron chi connectivity index (χ4n) is 2.11. The van der Waals surface area contributed by atoms with Crippen LogP contribution in [0.2, 0.25) is 0 Å². The van der Waals surface area contributed by atoms with E-state index in [1.807, 2.05) is 31.2 Å². The average Bonchev–Trinajstić information content (AvgIpc) is 2.66. The lowest BCUT2D eigenvalue weighted by atomic mass is 10.2. The van der Waals surface area contributed by atoms with Crippen molar-refractivity contribution in [2.24, 2.45) is 0 Å². The first kappa shape index (κ1) is 19.7. The first-order valence-electron chi connectivity index (χ1n) is 7.99. The number of hydrogen-bond donors (Lipinski definition) is 2. The molecule has 0 bridgehead atoms. The van der Waals surface area contributed by atoms with E-state index in [0.717, 1.165) is 10.5 Å². The van der Waals surface area contributed by atoms with Crippen molar-refractivity contribution in [3.63, 3.8) is 0 Å². The van der Waals surface area contributed by atoms with Gasteiger partial charge in [0.25, 0.3) is 11.8 Å². The van der Waals surface area contributed by atoms with Crippen molar-refractivity contribution in [1.82, 2.24) is 10.9 Å². The second kappa shape index (κ2) is 9.15. The number of carbonyl (C=O) groups is 2. The molecule has 0 aromatic heterocycles. The number of amides is 2. The van der Waals surface area contributed by atoms with Gasteiger partial charge in [-0.05, 0) is 38.1 Å². The SMILES string of the molecule is COc1cc(OC)cc(C(=O)NNC(=O)[C@H](C)Sc2ccc(C)cc2)c1. The van der Waals surface area contributed by atoms with E-state index < -0.39 is 5.91 Å². The van der Waals surface area contributed by atoms with E-state index in [-0.39, 0.29) is 11.2 Å². The van der Waals surface area contributed by atoms with Gasteiger partial charge in [-0.3, -0.25) is 20.4 Å². The van der Waals surface area contributed by atoms with Crippen molar-refractivity contribution >= 4 is 23.6 Å². The number of thioether (sulfide) groups is 1. The first-order chi connectivity index (χ1) is 12.4. The highest BCUT2D eigenvalue weighted by Crippen LogP contribution is 2.24. The molecule has 0 spiro atoms. The Kier molecular flexibility index (Phi) is 6.91. The minimum Gasteiger partial charge on any atom is -0.497 e. The van der Waals surface area contributed by atoms with Gasteiger partial charge in [-0.2, -0.15) is 0 Å². The Bertz CT molecular complexity index is 755. The van der Waals surface area contributed by atoms with Crippen LogP contribution in [0.1, 0.15) is 22.8 Å². The predicted molar refractivity (Wildman–Crippen MR) is 102 cm³/mol. The van der Waals surface area contributed by atoms with E-state index >= 15 is 0 Å². The van der Waals surface area contributed by atoms with Crippen LogP contribution in [0.25, 0.3) is 0 Å². The van der Waals surface area contributed by atoms with Gasteiger partial charge in [-0.15, -0.1) is 11.8 Å². The van der Waals surface area contributed by atoms with Crippen molar-refractivity contribution in [2.75, 3.05) is 14.2 Å². The van der Waals surface area contributed by atoms with Crippen molar-refractivity contribution in [3.8, 4) is 11.5 Å². The third kappa shape index (κ3) is 5.42. The highest BCUT2D eigenvalue weighted by molar-refractivity contribution is 8.00. The lowest BCUT2D eigenvalue weighted by Gasteiger charge is -2.13. The Morgan fingerprint density at radius 3 is 2.08 bits per heavy atom. The normalized spacial score (nSPS) is 11.4. The van der Waals surface area contributed by atoms with Crippen LogP contribution in [-0.4, -0.2) is 31.3 Å². The van der Waals surface area contributed by atoms with Crippen LogP contribution in [-0.2, 0) is 4.79 Å². The Morgan fingerprint density at radius 2 is 1.54 bits per heavy atom. The predicted octanol–water partition coefficient (Wildman–Crippen LogP) is 2.95. The van der Waals surface area contributed by atoms with Crippen LogP contribution >= 0.6 is 11.8 Å². The lowest BCUT2D eigenvalue weighted by molar-refractivity contribution is -0.121. The van der Waals surface area contributed by atoms with Crippen LogP contribution in [0, 0.1) is 6.92 Å². The summed E-state index contributed by atoms with van der Waals surface area (Å²) < 4.78 is 10.3. The zero-order valence-electron chi connectivity index (χ0n) is 15.2. The van der Waals surface area contributed by atoms with Crippen molar-refractivity contribution in [1.29, 1.82) is 0 Å². The first-order valence-corrected chi connectivity index (χ1v) is 8.87. The number of benzene rings is 2. The molecular formula is C19H22N2O4S. The van der Waals surface area contributed by atoms with Crippen LogP contribution in [0.5, 0.6) is 11.5 Å². The van der Waals surface area contributed by atoms with Gasteiger partial charge in [0.15, 0.2) is 0 Å². The smallest absolute Gasteiger partial charge is 0.269 e. The van der Waals surface area contributed by atoms with E-state index in [2.05, 4.69) is 10.9 Å². The molecule has 26 heavy (non-hydrogen) atoms. The molecule has 0 radical (unpaired) electrons. The Labute approximate surface area is 157 Å². The summed E-state index contributed by atoms with van der Waals surface area (Å²) in [7, 11) is 3.00. The summed E-state index contributed by atoms with van der Waals surface area (Å²) in [4.78, 5) is 25.4. The molecule has 0 aliphatic carbocycles. The molecule has 2 rings (SSSR count). The summed E-state index contributed by atoms with van der Waals surface area (Å²) in [6.45, 7) is 3.79. The van der Waals surface area contributed by atoms with Crippen LogP contribution in [0.3, 0.4) is 0 Å². The number of ether oxygens (including phenoxy) is 2. The van der Waals surface area contributed by atoms with E-state index in [4.69, 9.17) is 9.47 Å². The maximum absolute atomic E-state index is 12.3. The van der Waals surface area contributed by atoms with Gasteiger partial charge in [0.1, 0.15) is 11.5 Å². The minimum atomic E-state index is -0.455. The molecule has 0 saturated heterocycles. The lowest BCUT2D eigenvalue weighted by Crippen LogP contribution is -2.44. The standard InChI is InChI=1S/C19H22N2O4S/c1-12-5-7-17(8-6-12)26-13(2)18(22)20-21-19(23)14-9-15(24-3)11-16(10-14)25-4/h5-11,13H,1-4H3,(H,20,22)(H,21,23)/t13-/m0/s1. The number of rotatable bonds is 6. The van der Waals surface area contributed by atoms with Gasteiger partial charge in [0, 0.05) is 16.5 Å². The van der Waals surface area contributed by atoms with Gasteiger partial charge in [0.2, 0.25) is 0 Å². The molecule has 0 aliphatic heterocycles. The van der Waals surface area contributed by atoms with Gasteiger partial charge in [-0.25, -0.2) is 0 Å². The third-order valence-corrected chi connectivity index (χ3v) is 4.73. The number of hydrogen-bond acceptors (Lipinski definition) is 5. The second-order valence-corrected chi connectivity index (χ2v) is 7.03. The molecular weight excluding hydrogens is 352 g/mol. The van der Waals surface area contributed by atoms with Gasteiger partial charge in [-0.1, -0.05) is 17.7 Å². The summed E-state index contributed by atoms with van der Waals surface area (Å²) in [5.74, 6) is 0.232. The van der Waals surface area contributed by atoms with E-state index in [1.165, 1.54) is 26.0 Å². The summed E-state index contributed by atoms with van der Waals surface area (Å²) in [6, 6.07) is 12.7. The molecule has 7 heteroatoms. The molecule has 2 aromatic rings. The fraction of sp³-hybridized carbons (Fsp3) is 0.263. The number of carbonyl (C=O) groups excluding carboxylic acids is 2. The maximum Gasteiger partial charge on any atom is 0.269 e. The van der Waals surface area contributed by atoms with Crippen molar-refractivity contribution in [2.45, 2.75) is 24.0 Å².